The molecule has 1 saturated heterocycles. The van der Waals surface area contributed by atoms with Gasteiger partial charge in [-0.2, -0.15) is 0 Å². The van der Waals surface area contributed by atoms with Gasteiger partial charge in [0.25, 0.3) is 0 Å². The largest absolute Gasteiger partial charge is 0.480 e. The molecule has 0 saturated carbocycles. The third-order valence-corrected chi connectivity index (χ3v) is 3.17. The van der Waals surface area contributed by atoms with E-state index in [9.17, 15) is 4.79 Å². The van der Waals surface area contributed by atoms with Crippen LogP contribution in [0.15, 0.2) is 24.3 Å². The molecule has 1 N–H and O–H groups in total. The molecule has 1 aromatic carbocycles. The van der Waals surface area contributed by atoms with Crippen LogP contribution in [0.3, 0.4) is 0 Å². The second-order valence-corrected chi connectivity index (χ2v) is 4.51. The van der Waals surface area contributed by atoms with E-state index in [1.807, 2.05) is 29.2 Å². The molecular weight excluding hydrogens is 261 g/mol. The van der Waals surface area contributed by atoms with Crippen LogP contribution >= 0.6 is 24.0 Å². The van der Waals surface area contributed by atoms with Gasteiger partial charge in [0.2, 0.25) is 0 Å². The minimum absolute atomic E-state index is 0. The SMILES string of the molecule is Cl.O=C(O)CN1CCCC1c1cccc(Cl)c1. The highest BCUT2D eigenvalue weighted by molar-refractivity contribution is 6.30. The summed E-state index contributed by atoms with van der Waals surface area (Å²) in [6.45, 7) is 0.959. The molecule has 1 atom stereocenters. The zero-order valence-electron chi connectivity index (χ0n) is 9.30. The molecule has 5 heteroatoms. The van der Waals surface area contributed by atoms with Gasteiger partial charge in [0.15, 0.2) is 0 Å². The number of carboxylic acid groups (broad SMARTS) is 1. The molecule has 94 valence electrons. The molecule has 17 heavy (non-hydrogen) atoms. The lowest BCUT2D eigenvalue weighted by atomic mass is 10.0. The second-order valence-electron chi connectivity index (χ2n) is 4.08. The summed E-state index contributed by atoms with van der Waals surface area (Å²) in [6, 6.07) is 7.88. The van der Waals surface area contributed by atoms with Gasteiger partial charge in [0.1, 0.15) is 0 Å². The van der Waals surface area contributed by atoms with Gasteiger partial charge in [0.05, 0.1) is 6.54 Å². The fourth-order valence-electron chi connectivity index (χ4n) is 2.28. The molecule has 2 rings (SSSR count). The molecule has 0 radical (unpaired) electrons. The quantitative estimate of drug-likeness (QED) is 0.922. The van der Waals surface area contributed by atoms with Crippen LogP contribution in [0.25, 0.3) is 0 Å². The monoisotopic (exact) mass is 275 g/mol. The predicted octanol–water partition coefficient (Wildman–Crippen LogP) is 2.98. The number of halogens is 2. The van der Waals surface area contributed by atoms with E-state index in [1.54, 1.807) is 0 Å². The lowest BCUT2D eigenvalue weighted by Crippen LogP contribution is -2.29. The Morgan fingerprint density at radius 1 is 1.53 bits per heavy atom. The average molecular weight is 276 g/mol. The first-order chi connectivity index (χ1) is 7.66. The minimum atomic E-state index is -0.770. The van der Waals surface area contributed by atoms with Crippen molar-refractivity contribution in [3.8, 4) is 0 Å². The number of likely N-dealkylation sites (tertiary alicyclic amines) is 1. The topological polar surface area (TPSA) is 40.5 Å². The maximum atomic E-state index is 10.7. The fourth-order valence-corrected chi connectivity index (χ4v) is 2.48. The van der Waals surface area contributed by atoms with Gasteiger partial charge in [-0.3, -0.25) is 9.69 Å². The van der Waals surface area contributed by atoms with Crippen LogP contribution in [0.5, 0.6) is 0 Å². The normalized spacial score (nSPS) is 19.9. The maximum absolute atomic E-state index is 10.7. The van der Waals surface area contributed by atoms with Crippen molar-refractivity contribution in [1.82, 2.24) is 4.90 Å². The Morgan fingerprint density at radius 3 is 2.94 bits per heavy atom. The molecule has 1 aromatic rings. The number of nitrogens with zero attached hydrogens (tertiary/aromatic N) is 1. The number of benzene rings is 1. The first kappa shape index (κ1) is 14.3. The van der Waals surface area contributed by atoms with Crippen molar-refractivity contribution in [2.75, 3.05) is 13.1 Å². The fraction of sp³-hybridized carbons (Fsp3) is 0.417. The van der Waals surface area contributed by atoms with Gasteiger partial charge in [0, 0.05) is 11.1 Å². The van der Waals surface area contributed by atoms with Gasteiger partial charge in [-0.25, -0.2) is 0 Å². The molecule has 1 unspecified atom stereocenters. The molecule has 0 aliphatic carbocycles. The Bertz CT molecular complexity index is 398. The molecular formula is C12H15Cl2NO2. The number of rotatable bonds is 3. The molecule has 1 aliphatic rings. The summed E-state index contributed by atoms with van der Waals surface area (Å²) in [6.07, 6.45) is 2.05. The summed E-state index contributed by atoms with van der Waals surface area (Å²) in [4.78, 5) is 12.7. The van der Waals surface area contributed by atoms with Gasteiger partial charge in [-0.15, -0.1) is 12.4 Å². The van der Waals surface area contributed by atoms with Gasteiger partial charge in [-0.1, -0.05) is 23.7 Å². The van der Waals surface area contributed by atoms with E-state index in [4.69, 9.17) is 16.7 Å². The number of carboxylic acids is 1. The van der Waals surface area contributed by atoms with E-state index in [-0.39, 0.29) is 25.0 Å². The van der Waals surface area contributed by atoms with Crippen LogP contribution in [0.1, 0.15) is 24.4 Å². The van der Waals surface area contributed by atoms with Gasteiger partial charge < -0.3 is 5.11 Å². The standard InChI is InChI=1S/C12H14ClNO2.ClH/c13-10-4-1-3-9(7-10)11-5-2-6-14(11)8-12(15)16;/h1,3-4,7,11H,2,5-6,8H2,(H,15,16);1H. The highest BCUT2D eigenvalue weighted by Gasteiger charge is 2.27. The van der Waals surface area contributed by atoms with Crippen molar-refractivity contribution in [3.63, 3.8) is 0 Å². The number of aliphatic carboxylic acids is 1. The molecule has 1 heterocycles. The zero-order chi connectivity index (χ0) is 11.5. The van der Waals surface area contributed by atoms with Gasteiger partial charge in [-0.05, 0) is 37.1 Å². The van der Waals surface area contributed by atoms with E-state index in [2.05, 4.69) is 0 Å². The Kier molecular flexibility index (Phi) is 5.25. The second kappa shape index (κ2) is 6.24. The van der Waals surface area contributed by atoms with Crippen molar-refractivity contribution in [2.24, 2.45) is 0 Å². The summed E-state index contributed by atoms with van der Waals surface area (Å²) < 4.78 is 0. The molecule has 0 bridgehead atoms. The summed E-state index contributed by atoms with van der Waals surface area (Å²) in [7, 11) is 0. The zero-order valence-corrected chi connectivity index (χ0v) is 10.9. The molecule has 0 amide bonds. The smallest absolute Gasteiger partial charge is 0.317 e. The minimum Gasteiger partial charge on any atom is -0.480 e. The van der Waals surface area contributed by atoms with E-state index in [0.717, 1.165) is 24.9 Å². The average Bonchev–Trinajstić information content (AvgIpc) is 2.65. The Morgan fingerprint density at radius 2 is 2.29 bits per heavy atom. The highest BCUT2D eigenvalue weighted by Crippen LogP contribution is 2.32. The van der Waals surface area contributed by atoms with Crippen molar-refractivity contribution in [2.45, 2.75) is 18.9 Å². The third kappa shape index (κ3) is 3.60. The summed E-state index contributed by atoms with van der Waals surface area (Å²) in [5, 5.41) is 9.53. The van der Waals surface area contributed by atoms with E-state index >= 15 is 0 Å². The lowest BCUT2D eigenvalue weighted by Gasteiger charge is -2.22. The van der Waals surface area contributed by atoms with Crippen LogP contribution in [-0.4, -0.2) is 29.1 Å². The Labute approximate surface area is 112 Å². The van der Waals surface area contributed by atoms with Crippen LogP contribution in [0, 0.1) is 0 Å². The molecule has 1 fully saturated rings. The van der Waals surface area contributed by atoms with Crippen molar-refractivity contribution in [1.29, 1.82) is 0 Å². The van der Waals surface area contributed by atoms with E-state index in [1.165, 1.54) is 0 Å². The Hall–Kier alpha value is -0.770. The highest BCUT2D eigenvalue weighted by atomic mass is 35.5. The van der Waals surface area contributed by atoms with Crippen molar-refractivity contribution >= 4 is 30.0 Å². The first-order valence-corrected chi connectivity index (χ1v) is 5.76. The summed E-state index contributed by atoms with van der Waals surface area (Å²) >= 11 is 5.94. The number of carbonyl (C=O) groups is 1. The van der Waals surface area contributed by atoms with E-state index in [0.29, 0.717) is 5.02 Å². The summed E-state index contributed by atoms with van der Waals surface area (Å²) in [5.41, 5.74) is 1.12. The predicted molar refractivity (Wildman–Crippen MR) is 69.9 cm³/mol. The van der Waals surface area contributed by atoms with Gasteiger partial charge >= 0.3 is 5.97 Å². The molecule has 3 nitrogen and oxygen atoms in total. The molecule has 0 aromatic heterocycles. The lowest BCUT2D eigenvalue weighted by molar-refractivity contribution is -0.138. The Balaban J connectivity index is 0.00000144. The molecule has 1 aliphatic heterocycles. The van der Waals surface area contributed by atoms with Crippen LogP contribution < -0.4 is 0 Å². The van der Waals surface area contributed by atoms with Crippen LogP contribution in [0.4, 0.5) is 0 Å². The van der Waals surface area contributed by atoms with Crippen LogP contribution in [0.2, 0.25) is 5.02 Å². The van der Waals surface area contributed by atoms with Crippen LogP contribution in [-0.2, 0) is 4.79 Å². The summed E-state index contributed by atoms with van der Waals surface area (Å²) in [5.74, 6) is -0.770. The van der Waals surface area contributed by atoms with E-state index < -0.39 is 5.97 Å². The van der Waals surface area contributed by atoms with Crippen molar-refractivity contribution < 1.29 is 9.90 Å². The number of hydrogen-bond donors (Lipinski definition) is 1. The number of hydrogen-bond acceptors (Lipinski definition) is 2. The third-order valence-electron chi connectivity index (χ3n) is 2.94. The molecule has 0 spiro atoms. The first-order valence-electron chi connectivity index (χ1n) is 5.38. The van der Waals surface area contributed by atoms with Crippen molar-refractivity contribution in [3.05, 3.63) is 34.9 Å². The maximum Gasteiger partial charge on any atom is 0.317 e.